The molecule has 192 valence electrons. The summed E-state index contributed by atoms with van der Waals surface area (Å²) in [6.07, 6.45) is 7.71. The zero-order valence-corrected chi connectivity index (χ0v) is 21.9. The average molecular weight is 566 g/mol. The summed E-state index contributed by atoms with van der Waals surface area (Å²) in [4.78, 5) is 46.2. The number of amides is 2. The fourth-order valence-corrected chi connectivity index (χ4v) is 5.71. The molecule has 0 saturated carbocycles. The number of hydrogen-bond donors (Lipinski definition) is 1. The average Bonchev–Trinajstić information content (AvgIpc) is 2.93. The Hall–Kier alpha value is -3.53. The molecule has 3 heterocycles. The number of anilines is 1. The van der Waals surface area contributed by atoms with Gasteiger partial charge >= 0.3 is 0 Å². The predicted molar refractivity (Wildman–Crippen MR) is 145 cm³/mol. The number of piperidine rings is 2. The van der Waals surface area contributed by atoms with E-state index in [2.05, 4.69) is 26.2 Å². The van der Waals surface area contributed by atoms with E-state index in [4.69, 9.17) is 0 Å². The molecule has 5 rings (SSSR count). The van der Waals surface area contributed by atoms with E-state index in [0.29, 0.717) is 36.2 Å². The lowest BCUT2D eigenvalue weighted by Gasteiger charge is -2.34. The number of rotatable bonds is 5. The number of hydrogen-bond acceptors (Lipinski definition) is 6. The van der Waals surface area contributed by atoms with Gasteiger partial charge in [0, 0.05) is 60.5 Å². The number of pyridine rings is 1. The number of fused-ring (bicyclic) bond motifs is 1. The summed E-state index contributed by atoms with van der Waals surface area (Å²) in [7, 11) is 0. The molecule has 9 nitrogen and oxygen atoms in total. The van der Waals surface area contributed by atoms with E-state index in [9.17, 15) is 19.7 Å². The lowest BCUT2D eigenvalue weighted by atomic mass is 10.0. The Bertz CT molecular complexity index is 1350. The SMILES string of the molecule is O=C(c1cc(Br)cc([N+](=O)[O-])c1NC1CCCN(C(=O)c2cncc3ccccc23)C1)N1CCCCC1. The molecule has 2 saturated heterocycles. The lowest BCUT2D eigenvalue weighted by molar-refractivity contribution is -0.384. The number of aromatic nitrogens is 1. The molecule has 1 aromatic heterocycles. The molecule has 2 fully saturated rings. The maximum atomic E-state index is 13.5. The van der Waals surface area contributed by atoms with Crippen LogP contribution in [0.2, 0.25) is 0 Å². The van der Waals surface area contributed by atoms with Crippen LogP contribution < -0.4 is 5.32 Å². The molecular weight excluding hydrogens is 538 g/mol. The smallest absolute Gasteiger partial charge is 0.294 e. The highest BCUT2D eigenvalue weighted by Gasteiger charge is 2.31. The van der Waals surface area contributed by atoms with E-state index in [0.717, 1.165) is 42.9 Å². The zero-order chi connectivity index (χ0) is 25.9. The first kappa shape index (κ1) is 25.1. The van der Waals surface area contributed by atoms with E-state index < -0.39 is 4.92 Å². The summed E-state index contributed by atoms with van der Waals surface area (Å²) < 4.78 is 0.481. The van der Waals surface area contributed by atoms with Gasteiger partial charge in [-0.05, 0) is 43.6 Å². The summed E-state index contributed by atoms with van der Waals surface area (Å²) in [5, 5.41) is 17.0. The maximum Gasteiger partial charge on any atom is 0.294 e. The van der Waals surface area contributed by atoms with Crippen molar-refractivity contribution in [2.24, 2.45) is 0 Å². The Morgan fingerprint density at radius 1 is 0.973 bits per heavy atom. The summed E-state index contributed by atoms with van der Waals surface area (Å²) in [5.74, 6) is -0.331. The predicted octanol–water partition coefficient (Wildman–Crippen LogP) is 5.25. The Kier molecular flexibility index (Phi) is 7.36. The Morgan fingerprint density at radius 3 is 2.49 bits per heavy atom. The highest BCUT2D eigenvalue weighted by molar-refractivity contribution is 9.10. The van der Waals surface area contributed by atoms with Crippen molar-refractivity contribution in [3.8, 4) is 0 Å². The Balaban J connectivity index is 1.42. The summed E-state index contributed by atoms with van der Waals surface area (Å²) in [6, 6.07) is 10.5. The molecule has 2 aromatic carbocycles. The number of nitrogens with one attached hydrogen (secondary N) is 1. The third-order valence-electron chi connectivity index (χ3n) is 7.11. The topological polar surface area (TPSA) is 109 Å². The standard InChI is InChI=1S/C27H28BrN5O4/c28-19-13-22(26(34)31-10-4-1-5-11-31)25(24(14-19)33(36)37)30-20-8-6-12-32(17-20)27(35)23-16-29-15-18-7-2-3-9-21(18)23/h2-3,7,9,13-16,20,30H,1,4-6,8,10-12,17H2. The minimum atomic E-state index is -0.465. The van der Waals surface area contributed by atoms with Crippen LogP contribution in [0.1, 0.15) is 52.8 Å². The van der Waals surface area contributed by atoms with Crippen LogP contribution in [0.4, 0.5) is 11.4 Å². The number of nitro benzene ring substituents is 1. The van der Waals surface area contributed by atoms with Gasteiger partial charge in [0.05, 0.1) is 16.1 Å². The third-order valence-corrected chi connectivity index (χ3v) is 7.57. The largest absolute Gasteiger partial charge is 0.374 e. The Morgan fingerprint density at radius 2 is 1.70 bits per heavy atom. The van der Waals surface area contributed by atoms with Crippen LogP contribution in [0.5, 0.6) is 0 Å². The molecule has 2 amide bonds. The fourth-order valence-electron chi connectivity index (χ4n) is 5.26. The minimum Gasteiger partial charge on any atom is -0.374 e. The van der Waals surface area contributed by atoms with Gasteiger partial charge in [-0.15, -0.1) is 0 Å². The van der Waals surface area contributed by atoms with Crippen LogP contribution in [0.25, 0.3) is 10.8 Å². The van der Waals surface area contributed by atoms with E-state index in [1.807, 2.05) is 24.3 Å². The second kappa shape index (κ2) is 10.8. The van der Waals surface area contributed by atoms with Gasteiger partial charge in [0.25, 0.3) is 17.5 Å². The molecule has 2 aliphatic heterocycles. The molecule has 0 bridgehead atoms. The van der Waals surface area contributed by atoms with Crippen molar-refractivity contribution in [1.29, 1.82) is 0 Å². The van der Waals surface area contributed by atoms with E-state index in [1.165, 1.54) is 6.07 Å². The summed E-state index contributed by atoms with van der Waals surface area (Å²) in [5.41, 5.74) is 0.880. The van der Waals surface area contributed by atoms with Crippen LogP contribution in [-0.2, 0) is 0 Å². The van der Waals surface area contributed by atoms with Gasteiger partial charge in [-0.3, -0.25) is 24.7 Å². The normalized spacial score (nSPS) is 18.0. The molecule has 1 N–H and O–H groups in total. The molecule has 2 aliphatic rings. The molecule has 0 aliphatic carbocycles. The fraction of sp³-hybridized carbons (Fsp3) is 0.370. The van der Waals surface area contributed by atoms with Crippen molar-refractivity contribution in [1.82, 2.24) is 14.8 Å². The molecular formula is C27H28BrN5O4. The monoisotopic (exact) mass is 565 g/mol. The maximum absolute atomic E-state index is 13.5. The van der Waals surface area contributed by atoms with Crippen LogP contribution in [0, 0.1) is 10.1 Å². The van der Waals surface area contributed by atoms with Crippen LogP contribution in [-0.4, -0.2) is 63.7 Å². The second-order valence-corrected chi connectivity index (χ2v) is 10.5. The number of benzene rings is 2. The number of halogens is 1. The number of nitro groups is 1. The quantitative estimate of drug-likeness (QED) is 0.334. The summed E-state index contributed by atoms with van der Waals surface area (Å²) in [6.45, 7) is 2.24. The first-order valence-electron chi connectivity index (χ1n) is 12.6. The molecule has 37 heavy (non-hydrogen) atoms. The molecule has 0 spiro atoms. The van der Waals surface area contributed by atoms with Crippen molar-refractivity contribution < 1.29 is 14.5 Å². The number of carbonyl (C=O) groups excluding carboxylic acids is 2. The van der Waals surface area contributed by atoms with Crippen molar-refractivity contribution in [2.75, 3.05) is 31.5 Å². The van der Waals surface area contributed by atoms with Gasteiger partial charge in [0.2, 0.25) is 0 Å². The van der Waals surface area contributed by atoms with Gasteiger partial charge in [-0.25, -0.2) is 0 Å². The van der Waals surface area contributed by atoms with Crippen molar-refractivity contribution in [2.45, 2.75) is 38.1 Å². The van der Waals surface area contributed by atoms with Crippen LogP contribution in [0.15, 0.2) is 53.3 Å². The highest BCUT2D eigenvalue weighted by Crippen LogP contribution is 2.35. The molecule has 1 unspecified atom stereocenters. The first-order chi connectivity index (χ1) is 17.9. The summed E-state index contributed by atoms with van der Waals surface area (Å²) >= 11 is 3.35. The number of carbonyl (C=O) groups is 2. The molecule has 10 heteroatoms. The highest BCUT2D eigenvalue weighted by atomic mass is 79.9. The van der Waals surface area contributed by atoms with E-state index in [1.54, 1.807) is 28.3 Å². The lowest BCUT2D eigenvalue weighted by Crippen LogP contribution is -2.45. The second-order valence-electron chi connectivity index (χ2n) is 9.60. The number of likely N-dealkylation sites (tertiary alicyclic amines) is 2. The van der Waals surface area contributed by atoms with Gasteiger partial charge in [-0.1, -0.05) is 40.2 Å². The minimum absolute atomic E-state index is 0.120. The third kappa shape index (κ3) is 5.29. The zero-order valence-electron chi connectivity index (χ0n) is 20.4. The first-order valence-corrected chi connectivity index (χ1v) is 13.4. The van der Waals surface area contributed by atoms with Gasteiger partial charge in [-0.2, -0.15) is 0 Å². The van der Waals surface area contributed by atoms with Crippen molar-refractivity contribution in [3.63, 3.8) is 0 Å². The van der Waals surface area contributed by atoms with Crippen molar-refractivity contribution in [3.05, 3.63) is 74.5 Å². The van der Waals surface area contributed by atoms with Crippen molar-refractivity contribution >= 4 is 49.9 Å². The molecule has 3 aromatic rings. The van der Waals surface area contributed by atoms with Gasteiger partial charge in [0.1, 0.15) is 5.69 Å². The Labute approximate surface area is 223 Å². The van der Waals surface area contributed by atoms with E-state index in [-0.39, 0.29) is 34.8 Å². The van der Waals surface area contributed by atoms with Gasteiger partial charge < -0.3 is 15.1 Å². The molecule has 1 atom stereocenters. The molecule has 0 radical (unpaired) electrons. The van der Waals surface area contributed by atoms with Crippen LogP contribution in [0.3, 0.4) is 0 Å². The van der Waals surface area contributed by atoms with E-state index >= 15 is 0 Å². The number of nitrogens with zero attached hydrogens (tertiary/aromatic N) is 4. The van der Waals surface area contributed by atoms with Gasteiger partial charge in [0.15, 0.2) is 0 Å². The van der Waals surface area contributed by atoms with Crippen LogP contribution >= 0.6 is 15.9 Å².